The standard InChI is InChI=1S/C25H22N2O5S/c1-4-32-24(31)22-15(3)26-25(33-22)27-19(16-12-10-14(2)11-13-16)18(21(29)23(27)30)20(28)17-8-6-5-7-9-17/h5-13,19,28H,4H2,1-3H3/b20-18+. The van der Waals surface area contributed by atoms with Gasteiger partial charge in [0.05, 0.1) is 23.9 Å². The molecule has 1 N–H and O–H groups in total. The van der Waals surface area contributed by atoms with Gasteiger partial charge in [0.2, 0.25) is 0 Å². The normalized spacial score (nSPS) is 17.4. The molecule has 0 spiro atoms. The maximum absolute atomic E-state index is 13.2. The Kier molecular flexibility index (Phi) is 6.11. The number of aryl methyl sites for hydroxylation is 2. The van der Waals surface area contributed by atoms with Gasteiger partial charge in [0.25, 0.3) is 5.78 Å². The average molecular weight is 463 g/mol. The Labute approximate surface area is 195 Å². The van der Waals surface area contributed by atoms with Gasteiger partial charge in [-0.25, -0.2) is 9.78 Å². The molecule has 0 saturated carbocycles. The number of anilines is 1. The molecule has 2 heterocycles. The Hall–Kier alpha value is -3.78. The molecule has 1 unspecified atom stereocenters. The second-order valence-corrected chi connectivity index (χ2v) is 8.55. The van der Waals surface area contributed by atoms with Crippen LogP contribution in [0.25, 0.3) is 5.76 Å². The van der Waals surface area contributed by atoms with Crippen molar-refractivity contribution in [1.29, 1.82) is 0 Å². The fraction of sp³-hybridized carbons (Fsp3) is 0.200. The molecular formula is C25H22N2O5S. The molecule has 1 fully saturated rings. The molecule has 2 aromatic carbocycles. The lowest BCUT2D eigenvalue weighted by Crippen LogP contribution is -2.29. The third-order valence-electron chi connectivity index (χ3n) is 5.34. The molecule has 0 radical (unpaired) electrons. The van der Waals surface area contributed by atoms with Crippen molar-refractivity contribution in [3.63, 3.8) is 0 Å². The molecule has 1 aliphatic heterocycles. The van der Waals surface area contributed by atoms with Crippen LogP contribution in [-0.4, -0.2) is 34.4 Å². The highest BCUT2D eigenvalue weighted by Gasteiger charge is 2.48. The number of aliphatic hydroxyl groups excluding tert-OH is 1. The fourth-order valence-electron chi connectivity index (χ4n) is 3.72. The number of hydrogen-bond donors (Lipinski definition) is 1. The van der Waals surface area contributed by atoms with Crippen LogP contribution in [0.2, 0.25) is 0 Å². The van der Waals surface area contributed by atoms with Crippen molar-refractivity contribution < 1.29 is 24.2 Å². The number of rotatable bonds is 5. The van der Waals surface area contributed by atoms with E-state index in [0.717, 1.165) is 16.9 Å². The van der Waals surface area contributed by atoms with E-state index < -0.39 is 23.7 Å². The Bertz CT molecular complexity index is 1260. The molecule has 1 atom stereocenters. The number of carbonyl (C=O) groups is 3. The number of Topliss-reactive ketones (excluding diaryl/α,β-unsaturated/α-hetero) is 1. The lowest BCUT2D eigenvalue weighted by atomic mass is 9.95. The number of benzene rings is 2. The predicted molar refractivity (Wildman–Crippen MR) is 125 cm³/mol. The van der Waals surface area contributed by atoms with Crippen LogP contribution >= 0.6 is 11.3 Å². The summed E-state index contributed by atoms with van der Waals surface area (Å²) in [6.07, 6.45) is 0. The SMILES string of the molecule is CCOC(=O)c1sc(N2C(=O)C(=O)/C(=C(/O)c3ccccc3)C2c2ccc(C)cc2)nc1C. The first-order valence-corrected chi connectivity index (χ1v) is 11.2. The van der Waals surface area contributed by atoms with Gasteiger partial charge in [0, 0.05) is 5.56 Å². The fourth-order valence-corrected chi connectivity index (χ4v) is 4.70. The largest absolute Gasteiger partial charge is 0.507 e. The molecule has 1 amide bonds. The molecule has 1 aromatic heterocycles. The van der Waals surface area contributed by atoms with E-state index in [1.165, 1.54) is 4.90 Å². The van der Waals surface area contributed by atoms with Crippen LogP contribution in [0.15, 0.2) is 60.2 Å². The molecule has 8 heteroatoms. The number of ketones is 1. The molecule has 1 aliphatic rings. The van der Waals surface area contributed by atoms with Crippen LogP contribution in [0.5, 0.6) is 0 Å². The maximum atomic E-state index is 13.2. The zero-order chi connectivity index (χ0) is 23.7. The third-order valence-corrected chi connectivity index (χ3v) is 6.47. The van der Waals surface area contributed by atoms with Crippen LogP contribution in [0.1, 0.15) is 45.0 Å². The smallest absolute Gasteiger partial charge is 0.350 e. The molecule has 0 aliphatic carbocycles. The van der Waals surface area contributed by atoms with Crippen LogP contribution in [0.4, 0.5) is 5.13 Å². The van der Waals surface area contributed by atoms with Crippen molar-refractivity contribution in [1.82, 2.24) is 4.98 Å². The highest BCUT2D eigenvalue weighted by molar-refractivity contribution is 7.17. The average Bonchev–Trinajstić information content (AvgIpc) is 3.32. The van der Waals surface area contributed by atoms with E-state index in [0.29, 0.717) is 16.8 Å². The molecule has 1 saturated heterocycles. The maximum Gasteiger partial charge on any atom is 0.350 e. The summed E-state index contributed by atoms with van der Waals surface area (Å²) in [6, 6.07) is 15.1. The van der Waals surface area contributed by atoms with E-state index in [1.54, 1.807) is 44.2 Å². The van der Waals surface area contributed by atoms with Crippen molar-refractivity contribution >= 4 is 39.9 Å². The van der Waals surface area contributed by atoms with E-state index in [4.69, 9.17) is 4.74 Å². The lowest BCUT2D eigenvalue weighted by Gasteiger charge is -2.23. The van der Waals surface area contributed by atoms with Crippen molar-refractivity contribution in [2.24, 2.45) is 0 Å². The van der Waals surface area contributed by atoms with Crippen LogP contribution < -0.4 is 4.90 Å². The second-order valence-electron chi connectivity index (χ2n) is 7.58. The van der Waals surface area contributed by atoms with Crippen molar-refractivity contribution in [3.8, 4) is 0 Å². The molecule has 168 valence electrons. The van der Waals surface area contributed by atoms with E-state index in [9.17, 15) is 19.5 Å². The summed E-state index contributed by atoms with van der Waals surface area (Å²) in [5.41, 5.74) is 2.45. The van der Waals surface area contributed by atoms with Crippen LogP contribution in [0.3, 0.4) is 0 Å². The van der Waals surface area contributed by atoms with Gasteiger partial charge in [0.15, 0.2) is 5.13 Å². The van der Waals surface area contributed by atoms with Gasteiger partial charge in [-0.15, -0.1) is 0 Å². The van der Waals surface area contributed by atoms with Gasteiger partial charge in [0.1, 0.15) is 10.6 Å². The van der Waals surface area contributed by atoms with Gasteiger partial charge in [-0.3, -0.25) is 14.5 Å². The summed E-state index contributed by atoms with van der Waals surface area (Å²) < 4.78 is 5.09. The number of thiazole rings is 1. The first-order valence-electron chi connectivity index (χ1n) is 10.4. The highest BCUT2D eigenvalue weighted by atomic mass is 32.1. The number of aliphatic hydroxyl groups is 1. The number of esters is 1. The van der Waals surface area contributed by atoms with E-state index in [2.05, 4.69) is 4.98 Å². The Morgan fingerprint density at radius 2 is 1.76 bits per heavy atom. The quantitative estimate of drug-likeness (QED) is 0.258. The summed E-state index contributed by atoms with van der Waals surface area (Å²) in [5.74, 6) is -2.43. The summed E-state index contributed by atoms with van der Waals surface area (Å²) in [7, 11) is 0. The van der Waals surface area contributed by atoms with Gasteiger partial charge in [-0.05, 0) is 26.3 Å². The van der Waals surface area contributed by atoms with Crippen molar-refractivity contribution in [2.45, 2.75) is 26.8 Å². The summed E-state index contributed by atoms with van der Waals surface area (Å²) in [4.78, 5) is 44.6. The molecule has 4 rings (SSSR count). The Morgan fingerprint density at radius 3 is 2.39 bits per heavy atom. The zero-order valence-electron chi connectivity index (χ0n) is 18.4. The topological polar surface area (TPSA) is 96.8 Å². The molecular weight excluding hydrogens is 440 g/mol. The number of aromatic nitrogens is 1. The van der Waals surface area contributed by atoms with Gasteiger partial charge < -0.3 is 9.84 Å². The van der Waals surface area contributed by atoms with Gasteiger partial charge in [-0.1, -0.05) is 71.5 Å². The van der Waals surface area contributed by atoms with Crippen LogP contribution in [-0.2, 0) is 14.3 Å². The van der Waals surface area contributed by atoms with Gasteiger partial charge in [-0.2, -0.15) is 0 Å². The Balaban J connectivity index is 1.90. The number of hydrogen-bond acceptors (Lipinski definition) is 7. The van der Waals surface area contributed by atoms with Gasteiger partial charge >= 0.3 is 11.9 Å². The minimum absolute atomic E-state index is 0.0272. The highest BCUT2D eigenvalue weighted by Crippen LogP contribution is 2.43. The zero-order valence-corrected chi connectivity index (χ0v) is 19.2. The van der Waals surface area contributed by atoms with Crippen LogP contribution in [0, 0.1) is 13.8 Å². The number of ether oxygens (including phenoxy) is 1. The third kappa shape index (κ3) is 4.05. The monoisotopic (exact) mass is 462 g/mol. The Morgan fingerprint density at radius 1 is 1.09 bits per heavy atom. The minimum Gasteiger partial charge on any atom is -0.507 e. The molecule has 0 bridgehead atoms. The number of carbonyl (C=O) groups excluding carboxylic acids is 3. The van der Waals surface area contributed by atoms with E-state index in [-0.39, 0.29) is 27.9 Å². The molecule has 7 nitrogen and oxygen atoms in total. The van der Waals surface area contributed by atoms with Crippen molar-refractivity contribution in [3.05, 3.63) is 87.4 Å². The summed E-state index contributed by atoms with van der Waals surface area (Å²) >= 11 is 0.985. The summed E-state index contributed by atoms with van der Waals surface area (Å²) in [5, 5.41) is 11.3. The molecule has 33 heavy (non-hydrogen) atoms. The summed E-state index contributed by atoms with van der Waals surface area (Å²) in [6.45, 7) is 5.49. The molecule has 3 aromatic rings. The first kappa shape index (κ1) is 22.4. The first-order chi connectivity index (χ1) is 15.8. The number of amides is 1. The minimum atomic E-state index is -0.897. The van der Waals surface area contributed by atoms with Crippen molar-refractivity contribution in [2.75, 3.05) is 11.5 Å². The van der Waals surface area contributed by atoms with E-state index in [1.807, 2.05) is 31.2 Å². The van der Waals surface area contributed by atoms with E-state index >= 15 is 0 Å². The number of nitrogens with zero attached hydrogens (tertiary/aromatic N) is 2. The predicted octanol–water partition coefficient (Wildman–Crippen LogP) is 4.56. The lowest BCUT2D eigenvalue weighted by molar-refractivity contribution is -0.132. The second kappa shape index (κ2) is 8.99.